The molecule has 0 aliphatic carbocycles. The Morgan fingerprint density at radius 2 is 1.89 bits per heavy atom. The number of aliphatic imine (C=N–C) groups is 1. The van der Waals surface area contributed by atoms with Crippen LogP contribution in [0.2, 0.25) is 0 Å². The van der Waals surface area contributed by atoms with Crippen molar-refractivity contribution in [3.8, 4) is 5.69 Å². The minimum Gasteiger partial charge on any atom is -0.318 e. The molecular weight excluding hydrogens is 370 g/mol. The molecule has 1 N–H and O–H groups in total. The Morgan fingerprint density at radius 3 is 2.57 bits per heavy atom. The number of nitrogens with zero attached hydrogens (tertiary/aromatic N) is 4. The van der Waals surface area contributed by atoms with Crippen LogP contribution in [0.3, 0.4) is 0 Å². The summed E-state index contributed by atoms with van der Waals surface area (Å²) in [6, 6.07) is 10.4. The summed E-state index contributed by atoms with van der Waals surface area (Å²) < 4.78 is 2.15. The molecule has 7 heteroatoms. The number of hydrogen-bond acceptors (Lipinski definition) is 4. The molecule has 2 aliphatic heterocycles. The van der Waals surface area contributed by atoms with E-state index in [0.717, 1.165) is 34.1 Å². The molecule has 0 fully saturated rings. The Morgan fingerprint density at radius 1 is 1.18 bits per heavy atom. The average molecular weight is 392 g/mol. The Balaban J connectivity index is 1.75. The van der Waals surface area contributed by atoms with E-state index in [9.17, 15) is 4.79 Å². The largest absolute Gasteiger partial charge is 0.318 e. The van der Waals surface area contributed by atoms with Gasteiger partial charge in [-0.2, -0.15) is 15.1 Å². The Labute approximate surface area is 168 Å². The van der Waals surface area contributed by atoms with Crippen LogP contribution in [0.5, 0.6) is 0 Å². The van der Waals surface area contributed by atoms with Gasteiger partial charge in [0.15, 0.2) is 5.84 Å². The summed E-state index contributed by atoms with van der Waals surface area (Å²) in [5, 5.41) is 15.6. The van der Waals surface area contributed by atoms with Gasteiger partial charge in [0.2, 0.25) is 5.17 Å². The van der Waals surface area contributed by atoms with E-state index < -0.39 is 5.91 Å². The number of amidine groups is 2. The summed E-state index contributed by atoms with van der Waals surface area (Å²) in [6.45, 7) is 8.11. The van der Waals surface area contributed by atoms with Crippen LogP contribution >= 0.6 is 11.8 Å². The van der Waals surface area contributed by atoms with Gasteiger partial charge in [-0.05, 0) is 68.8 Å². The molecule has 6 nitrogen and oxygen atoms in total. The Bertz CT molecular complexity index is 1090. The number of carbonyl (C=O) groups is 1. The first-order valence-corrected chi connectivity index (χ1v) is 9.95. The smallest absolute Gasteiger partial charge is 0.283 e. The van der Waals surface area contributed by atoms with Crippen LogP contribution in [0.25, 0.3) is 11.8 Å². The number of benzene rings is 1. The molecule has 0 saturated carbocycles. The van der Waals surface area contributed by atoms with Gasteiger partial charge in [0.1, 0.15) is 5.04 Å². The summed E-state index contributed by atoms with van der Waals surface area (Å²) in [5.74, 6) is -0.317. The van der Waals surface area contributed by atoms with Crippen LogP contribution in [-0.4, -0.2) is 31.5 Å². The van der Waals surface area contributed by atoms with Crippen molar-refractivity contribution in [1.29, 1.82) is 5.41 Å². The molecular formula is C21H21N5OS. The number of carbonyl (C=O) groups excluding carboxylic acids is 1. The second kappa shape index (κ2) is 6.91. The van der Waals surface area contributed by atoms with Crippen LogP contribution < -0.4 is 0 Å². The number of rotatable bonds is 3. The highest BCUT2D eigenvalue weighted by Crippen LogP contribution is 2.30. The lowest BCUT2D eigenvalue weighted by atomic mass is 10.1. The first kappa shape index (κ1) is 18.4. The maximum atomic E-state index is 12.6. The minimum absolute atomic E-state index is 0.0751. The molecule has 2 aromatic rings. The van der Waals surface area contributed by atoms with Crippen molar-refractivity contribution >= 4 is 39.8 Å². The van der Waals surface area contributed by atoms with Crippen molar-refractivity contribution in [2.75, 3.05) is 0 Å². The number of fused-ring (bicyclic) bond motifs is 1. The number of thioether (sulfide) groups is 1. The Kier molecular flexibility index (Phi) is 4.55. The average Bonchev–Trinajstić information content (AvgIpc) is 3.20. The molecule has 1 aromatic carbocycles. The minimum atomic E-state index is -0.392. The van der Waals surface area contributed by atoms with E-state index in [-0.39, 0.29) is 11.4 Å². The van der Waals surface area contributed by atoms with Crippen molar-refractivity contribution in [1.82, 2.24) is 9.58 Å². The van der Waals surface area contributed by atoms with Crippen molar-refractivity contribution in [2.24, 2.45) is 10.1 Å². The van der Waals surface area contributed by atoms with Crippen LogP contribution in [0.15, 0.2) is 46.0 Å². The van der Waals surface area contributed by atoms with Gasteiger partial charge in [-0.25, -0.2) is 0 Å². The van der Waals surface area contributed by atoms with Gasteiger partial charge in [0.05, 0.1) is 5.57 Å². The molecule has 1 aromatic heterocycles. The molecule has 4 rings (SSSR count). The zero-order valence-corrected chi connectivity index (χ0v) is 17.1. The quantitative estimate of drug-likeness (QED) is 0.787. The molecule has 0 atom stereocenters. The lowest BCUT2D eigenvalue weighted by Crippen LogP contribution is -2.35. The first-order valence-electron chi connectivity index (χ1n) is 9.14. The molecule has 0 saturated heterocycles. The second-order valence-corrected chi connectivity index (χ2v) is 7.91. The van der Waals surface area contributed by atoms with Crippen molar-refractivity contribution < 1.29 is 4.79 Å². The standard InChI is InChI=1S/C21H21N5OS/c1-5-18-24-26-19(22)17(20(27)23-21(26)28-18)11-15-10-13(3)25(14(15)4)16-8-6-12(2)7-9-16/h6-11,22H,5H2,1-4H3/b17-11-,22-19?. The Hall–Kier alpha value is -2.93. The van der Waals surface area contributed by atoms with Gasteiger partial charge in [-0.1, -0.05) is 24.6 Å². The molecule has 3 heterocycles. The highest BCUT2D eigenvalue weighted by atomic mass is 32.2. The third kappa shape index (κ3) is 3.01. The van der Waals surface area contributed by atoms with Gasteiger partial charge in [-0.15, -0.1) is 0 Å². The highest BCUT2D eigenvalue weighted by Gasteiger charge is 2.35. The van der Waals surface area contributed by atoms with Gasteiger partial charge in [0, 0.05) is 17.1 Å². The molecule has 142 valence electrons. The lowest BCUT2D eigenvalue weighted by Gasteiger charge is -2.20. The molecule has 0 bridgehead atoms. The molecule has 0 spiro atoms. The first-order chi connectivity index (χ1) is 13.4. The zero-order chi connectivity index (χ0) is 20.0. The summed E-state index contributed by atoms with van der Waals surface area (Å²) in [6.07, 6.45) is 2.50. The van der Waals surface area contributed by atoms with E-state index in [0.29, 0.717) is 5.17 Å². The van der Waals surface area contributed by atoms with Gasteiger partial charge in [0.25, 0.3) is 5.91 Å². The number of hydrazone groups is 1. The maximum absolute atomic E-state index is 12.6. The van der Waals surface area contributed by atoms with E-state index in [1.807, 2.05) is 26.8 Å². The normalized spacial score (nSPS) is 17.9. The van der Waals surface area contributed by atoms with Crippen molar-refractivity contribution in [3.05, 3.63) is 58.4 Å². The van der Waals surface area contributed by atoms with E-state index >= 15 is 0 Å². The second-order valence-electron chi connectivity index (χ2n) is 6.86. The number of amides is 1. The molecule has 28 heavy (non-hydrogen) atoms. The topological polar surface area (TPSA) is 73.8 Å². The summed E-state index contributed by atoms with van der Waals surface area (Å²) in [4.78, 5) is 16.7. The summed E-state index contributed by atoms with van der Waals surface area (Å²) in [5.41, 5.74) is 5.52. The van der Waals surface area contributed by atoms with Crippen LogP contribution in [0.4, 0.5) is 0 Å². The lowest BCUT2D eigenvalue weighted by molar-refractivity contribution is -0.114. The van der Waals surface area contributed by atoms with E-state index in [1.165, 1.54) is 22.3 Å². The third-order valence-electron chi connectivity index (χ3n) is 4.86. The number of aryl methyl sites for hydroxylation is 2. The fraction of sp³-hybridized carbons (Fsp3) is 0.238. The fourth-order valence-electron chi connectivity index (χ4n) is 3.36. The molecule has 0 radical (unpaired) electrons. The van der Waals surface area contributed by atoms with Crippen LogP contribution in [0.1, 0.15) is 35.9 Å². The van der Waals surface area contributed by atoms with E-state index in [4.69, 9.17) is 5.41 Å². The molecule has 1 amide bonds. The van der Waals surface area contributed by atoms with Crippen LogP contribution in [0, 0.1) is 26.2 Å². The number of hydrogen-bond donors (Lipinski definition) is 1. The predicted molar refractivity (Wildman–Crippen MR) is 115 cm³/mol. The van der Waals surface area contributed by atoms with Crippen LogP contribution in [-0.2, 0) is 4.79 Å². The van der Waals surface area contributed by atoms with E-state index in [1.54, 1.807) is 6.08 Å². The van der Waals surface area contributed by atoms with Gasteiger partial charge >= 0.3 is 0 Å². The highest BCUT2D eigenvalue weighted by molar-refractivity contribution is 8.26. The molecule has 2 aliphatic rings. The van der Waals surface area contributed by atoms with Gasteiger partial charge < -0.3 is 4.57 Å². The number of aromatic nitrogens is 1. The van der Waals surface area contributed by atoms with E-state index in [2.05, 4.69) is 45.9 Å². The SMILES string of the molecule is CCC1=NN2C(=N)/C(=C/c3cc(C)n(-c4ccc(C)cc4)c3C)C(=O)N=C2S1. The summed E-state index contributed by atoms with van der Waals surface area (Å²) >= 11 is 1.35. The monoisotopic (exact) mass is 391 g/mol. The zero-order valence-electron chi connectivity index (χ0n) is 16.3. The van der Waals surface area contributed by atoms with Gasteiger partial charge in [-0.3, -0.25) is 10.2 Å². The maximum Gasteiger partial charge on any atom is 0.283 e. The third-order valence-corrected chi connectivity index (χ3v) is 5.91. The number of nitrogens with one attached hydrogen (secondary N) is 1. The predicted octanol–water partition coefficient (Wildman–Crippen LogP) is 4.43. The fourth-order valence-corrected chi connectivity index (χ4v) is 4.18. The van der Waals surface area contributed by atoms with Crippen molar-refractivity contribution in [3.63, 3.8) is 0 Å². The molecule has 0 unspecified atom stereocenters. The summed E-state index contributed by atoms with van der Waals surface area (Å²) in [7, 11) is 0. The van der Waals surface area contributed by atoms with Crippen molar-refractivity contribution in [2.45, 2.75) is 34.1 Å².